The van der Waals surface area contributed by atoms with Crippen molar-refractivity contribution in [1.82, 2.24) is 19.4 Å². The van der Waals surface area contributed by atoms with Crippen molar-refractivity contribution in [1.29, 1.82) is 0 Å². The van der Waals surface area contributed by atoms with Crippen LogP contribution >= 0.6 is 11.8 Å². The summed E-state index contributed by atoms with van der Waals surface area (Å²) in [6, 6.07) is 4.05. The van der Waals surface area contributed by atoms with E-state index in [1.54, 1.807) is 13.3 Å². The second-order valence-corrected chi connectivity index (χ2v) is 7.62. The van der Waals surface area contributed by atoms with Gasteiger partial charge in [0.25, 0.3) is 0 Å². The van der Waals surface area contributed by atoms with Gasteiger partial charge in [-0.2, -0.15) is 11.8 Å². The molecule has 0 spiro atoms. The first-order valence-corrected chi connectivity index (χ1v) is 10.0. The molecule has 1 fully saturated rings. The number of rotatable bonds is 7. The SMILES string of the molecule is COCC(C)n1c(CCCC(=O)N2CCSCC2)nc2cccnc21. The van der Waals surface area contributed by atoms with Gasteiger partial charge in [0.15, 0.2) is 5.65 Å². The lowest BCUT2D eigenvalue weighted by molar-refractivity contribution is -0.130. The van der Waals surface area contributed by atoms with Crippen LogP contribution in [0.2, 0.25) is 0 Å². The summed E-state index contributed by atoms with van der Waals surface area (Å²) in [5, 5.41) is 0. The summed E-state index contributed by atoms with van der Waals surface area (Å²) in [7, 11) is 1.71. The van der Waals surface area contributed by atoms with Gasteiger partial charge in [-0.3, -0.25) is 4.79 Å². The lowest BCUT2D eigenvalue weighted by atomic mass is 10.2. The molecule has 1 atom stereocenters. The fourth-order valence-electron chi connectivity index (χ4n) is 3.30. The van der Waals surface area contributed by atoms with Crippen molar-refractivity contribution in [3.63, 3.8) is 0 Å². The number of hydrogen-bond donors (Lipinski definition) is 0. The number of nitrogens with zero attached hydrogens (tertiary/aromatic N) is 4. The Morgan fingerprint density at radius 3 is 2.96 bits per heavy atom. The number of aryl methyl sites for hydroxylation is 1. The Morgan fingerprint density at radius 1 is 1.40 bits per heavy atom. The maximum atomic E-state index is 12.3. The van der Waals surface area contributed by atoms with Gasteiger partial charge in [0, 0.05) is 50.7 Å². The first-order chi connectivity index (χ1) is 12.2. The lowest BCUT2D eigenvalue weighted by Gasteiger charge is -2.26. The number of carbonyl (C=O) groups is 1. The molecule has 136 valence electrons. The number of hydrogen-bond acceptors (Lipinski definition) is 5. The molecule has 25 heavy (non-hydrogen) atoms. The number of methoxy groups -OCH3 is 1. The van der Waals surface area contributed by atoms with Crippen LogP contribution in [0.15, 0.2) is 18.3 Å². The van der Waals surface area contributed by atoms with Gasteiger partial charge in [-0.25, -0.2) is 9.97 Å². The highest BCUT2D eigenvalue weighted by Crippen LogP contribution is 2.21. The van der Waals surface area contributed by atoms with Gasteiger partial charge in [0.2, 0.25) is 5.91 Å². The van der Waals surface area contributed by atoms with E-state index in [0.29, 0.717) is 13.0 Å². The summed E-state index contributed by atoms with van der Waals surface area (Å²) in [5.41, 5.74) is 1.79. The number of fused-ring (bicyclic) bond motifs is 1. The third kappa shape index (κ3) is 4.33. The van der Waals surface area contributed by atoms with E-state index in [9.17, 15) is 4.79 Å². The third-order valence-corrected chi connectivity index (χ3v) is 5.47. The molecule has 1 unspecified atom stereocenters. The summed E-state index contributed by atoms with van der Waals surface area (Å²) in [6.45, 7) is 4.49. The molecule has 1 amide bonds. The van der Waals surface area contributed by atoms with E-state index in [1.807, 2.05) is 28.8 Å². The molecule has 0 aliphatic carbocycles. The first kappa shape index (κ1) is 18.2. The van der Waals surface area contributed by atoms with E-state index in [2.05, 4.69) is 16.5 Å². The second-order valence-electron chi connectivity index (χ2n) is 6.40. The summed E-state index contributed by atoms with van der Waals surface area (Å²) in [5.74, 6) is 3.37. The van der Waals surface area contributed by atoms with E-state index in [4.69, 9.17) is 9.72 Å². The molecule has 7 heteroatoms. The highest BCUT2D eigenvalue weighted by molar-refractivity contribution is 7.99. The van der Waals surface area contributed by atoms with Gasteiger partial charge in [-0.05, 0) is 25.5 Å². The van der Waals surface area contributed by atoms with Crippen LogP contribution in [0.5, 0.6) is 0 Å². The predicted octanol–water partition coefficient (Wildman–Crippen LogP) is 2.54. The molecule has 6 nitrogen and oxygen atoms in total. The lowest BCUT2D eigenvalue weighted by Crippen LogP contribution is -2.37. The molecule has 0 bridgehead atoms. The Labute approximate surface area is 153 Å². The van der Waals surface area contributed by atoms with E-state index < -0.39 is 0 Å². The quantitative estimate of drug-likeness (QED) is 0.757. The second kappa shape index (κ2) is 8.67. The van der Waals surface area contributed by atoms with Crippen molar-refractivity contribution in [2.24, 2.45) is 0 Å². The fourth-order valence-corrected chi connectivity index (χ4v) is 4.20. The smallest absolute Gasteiger partial charge is 0.222 e. The molecule has 3 rings (SSSR count). The molecule has 0 radical (unpaired) electrons. The van der Waals surface area contributed by atoms with Crippen LogP contribution in [-0.2, 0) is 16.0 Å². The van der Waals surface area contributed by atoms with Gasteiger partial charge in [0.1, 0.15) is 11.3 Å². The Balaban J connectivity index is 1.68. The highest BCUT2D eigenvalue weighted by Gasteiger charge is 2.19. The van der Waals surface area contributed by atoms with Crippen LogP contribution in [0.1, 0.15) is 31.6 Å². The van der Waals surface area contributed by atoms with Crippen LogP contribution in [0.3, 0.4) is 0 Å². The maximum Gasteiger partial charge on any atom is 0.222 e. The number of amides is 1. The van der Waals surface area contributed by atoms with Gasteiger partial charge < -0.3 is 14.2 Å². The number of ether oxygens (including phenoxy) is 1. The largest absolute Gasteiger partial charge is 0.383 e. The minimum Gasteiger partial charge on any atom is -0.383 e. The third-order valence-electron chi connectivity index (χ3n) is 4.53. The number of pyridine rings is 1. The van der Waals surface area contributed by atoms with Crippen LogP contribution in [-0.4, -0.2) is 63.7 Å². The topological polar surface area (TPSA) is 60.2 Å². The Kier molecular flexibility index (Phi) is 6.31. The molecule has 1 aliphatic rings. The summed E-state index contributed by atoms with van der Waals surface area (Å²) < 4.78 is 7.47. The molecule has 0 aromatic carbocycles. The molecule has 3 heterocycles. The molecule has 0 N–H and O–H groups in total. The zero-order chi connectivity index (χ0) is 17.6. The minimum atomic E-state index is 0.162. The van der Waals surface area contributed by atoms with Crippen molar-refractivity contribution >= 4 is 28.8 Å². The molecule has 2 aromatic heterocycles. The van der Waals surface area contributed by atoms with Crippen molar-refractivity contribution < 1.29 is 9.53 Å². The maximum absolute atomic E-state index is 12.3. The summed E-state index contributed by atoms with van der Waals surface area (Å²) in [4.78, 5) is 23.6. The van der Waals surface area contributed by atoms with Crippen molar-refractivity contribution in [3.8, 4) is 0 Å². The van der Waals surface area contributed by atoms with Gasteiger partial charge in [-0.15, -0.1) is 0 Å². The van der Waals surface area contributed by atoms with Crippen LogP contribution in [0, 0.1) is 0 Å². The van der Waals surface area contributed by atoms with Crippen LogP contribution < -0.4 is 0 Å². The molecule has 1 saturated heterocycles. The van der Waals surface area contributed by atoms with Crippen LogP contribution in [0.4, 0.5) is 0 Å². The molecule has 1 aliphatic heterocycles. The predicted molar refractivity (Wildman–Crippen MR) is 101 cm³/mol. The van der Waals surface area contributed by atoms with E-state index in [1.165, 1.54) is 0 Å². The summed E-state index contributed by atoms with van der Waals surface area (Å²) >= 11 is 1.92. The number of imidazole rings is 1. The average molecular weight is 362 g/mol. The Bertz CT molecular complexity index is 712. The van der Waals surface area contributed by atoms with E-state index in [0.717, 1.165) is 54.4 Å². The molecule has 2 aromatic rings. The zero-order valence-electron chi connectivity index (χ0n) is 15.0. The van der Waals surface area contributed by atoms with Gasteiger partial charge in [-0.1, -0.05) is 0 Å². The van der Waals surface area contributed by atoms with E-state index in [-0.39, 0.29) is 11.9 Å². The zero-order valence-corrected chi connectivity index (χ0v) is 15.8. The van der Waals surface area contributed by atoms with Crippen molar-refractivity contribution in [2.45, 2.75) is 32.2 Å². The standard InChI is InChI=1S/C18H26N4O2S/c1-14(13-24-2)22-16(20-15-5-4-8-19-18(15)22)6-3-7-17(23)21-9-11-25-12-10-21/h4-5,8,14H,3,6-7,9-13H2,1-2H3. The Morgan fingerprint density at radius 2 is 2.20 bits per heavy atom. The molecular formula is C18H26N4O2S. The van der Waals surface area contributed by atoms with Crippen molar-refractivity contribution in [3.05, 3.63) is 24.2 Å². The number of carbonyl (C=O) groups excluding carboxylic acids is 1. The van der Waals surface area contributed by atoms with E-state index >= 15 is 0 Å². The monoisotopic (exact) mass is 362 g/mol. The highest BCUT2D eigenvalue weighted by atomic mass is 32.2. The normalized spacial score (nSPS) is 16.3. The summed E-state index contributed by atoms with van der Waals surface area (Å²) in [6.07, 6.45) is 3.96. The Hall–Kier alpha value is -1.60. The number of aromatic nitrogens is 3. The minimum absolute atomic E-state index is 0.162. The number of thioether (sulfide) groups is 1. The molecular weight excluding hydrogens is 336 g/mol. The van der Waals surface area contributed by atoms with Crippen LogP contribution in [0.25, 0.3) is 11.2 Å². The van der Waals surface area contributed by atoms with Gasteiger partial charge >= 0.3 is 0 Å². The first-order valence-electron chi connectivity index (χ1n) is 8.87. The van der Waals surface area contributed by atoms with Gasteiger partial charge in [0.05, 0.1) is 12.6 Å². The molecule has 0 saturated carbocycles. The fraction of sp³-hybridized carbons (Fsp3) is 0.611. The average Bonchev–Trinajstić information content (AvgIpc) is 3.01. The van der Waals surface area contributed by atoms with Crippen molar-refractivity contribution in [2.75, 3.05) is 38.3 Å².